The van der Waals surface area contributed by atoms with Crippen molar-refractivity contribution >= 4 is 95.3 Å². The monoisotopic (exact) mass is 774 g/mol. The number of furan rings is 1. The van der Waals surface area contributed by atoms with Gasteiger partial charge in [0.2, 0.25) is 0 Å². The fourth-order valence-corrected chi connectivity index (χ4v) is 14.9. The van der Waals surface area contributed by atoms with Gasteiger partial charge in [-0.3, -0.25) is 9.30 Å². The van der Waals surface area contributed by atoms with Crippen molar-refractivity contribution in [1.82, 2.24) is 14.4 Å². The van der Waals surface area contributed by atoms with Crippen LogP contribution in [0.1, 0.15) is 25.0 Å². The molecule has 7 aromatic carbocycles. The Morgan fingerprint density at radius 1 is 0.492 bits per heavy atom. The molecule has 1 aliphatic rings. The van der Waals surface area contributed by atoms with Crippen LogP contribution in [0.2, 0.25) is 0 Å². The number of fused-ring (bicyclic) bond motifs is 11. The molecule has 0 spiro atoms. The lowest BCUT2D eigenvalue weighted by atomic mass is 9.74. The zero-order valence-electron chi connectivity index (χ0n) is 32.7. The molecule has 11 aromatic rings. The van der Waals surface area contributed by atoms with Gasteiger partial charge in [0.25, 0.3) is 0 Å². The van der Waals surface area contributed by atoms with Crippen molar-refractivity contribution < 1.29 is 4.42 Å². The molecule has 0 radical (unpaired) electrons. The molecule has 5 heterocycles. The molecule has 0 unspecified atom stereocenters. The summed E-state index contributed by atoms with van der Waals surface area (Å²) in [6.45, 7) is 4.61. The summed E-state index contributed by atoms with van der Waals surface area (Å²) in [4.78, 5) is 12.5. The molecule has 59 heavy (non-hydrogen) atoms. The van der Waals surface area contributed by atoms with Gasteiger partial charge in [0.05, 0.1) is 11.2 Å². The van der Waals surface area contributed by atoms with Gasteiger partial charge < -0.3 is 4.42 Å². The van der Waals surface area contributed by atoms with Gasteiger partial charge in [0.1, 0.15) is 22.6 Å². The van der Waals surface area contributed by atoms with E-state index in [4.69, 9.17) is 14.4 Å². The summed E-state index contributed by atoms with van der Waals surface area (Å²) >= 11 is 0. The van der Waals surface area contributed by atoms with Gasteiger partial charge in [0.15, 0.2) is 8.07 Å². The molecule has 0 amide bonds. The van der Waals surface area contributed by atoms with Crippen LogP contribution >= 0.6 is 0 Å². The fourth-order valence-electron chi connectivity index (χ4n) is 10.1. The molecule has 0 bridgehead atoms. The Balaban J connectivity index is 1.16. The highest BCUT2D eigenvalue weighted by Gasteiger charge is 2.43. The number of aromatic nitrogens is 3. The number of hydrogen-bond donors (Lipinski definition) is 0. The number of rotatable bonds is 5. The summed E-state index contributed by atoms with van der Waals surface area (Å²) in [6, 6.07) is 64.6. The molecule has 4 aromatic heterocycles. The zero-order chi connectivity index (χ0) is 39.3. The third kappa shape index (κ3) is 4.78. The van der Waals surface area contributed by atoms with E-state index in [0.717, 1.165) is 55.7 Å². The second-order valence-electron chi connectivity index (χ2n) is 16.2. The summed E-state index contributed by atoms with van der Waals surface area (Å²) in [5.74, 6) is 0.945. The Morgan fingerprint density at radius 2 is 1.20 bits per heavy atom. The predicted molar refractivity (Wildman–Crippen MR) is 246 cm³/mol. The van der Waals surface area contributed by atoms with Crippen LogP contribution in [-0.4, -0.2) is 22.4 Å². The predicted octanol–water partition coefficient (Wildman–Crippen LogP) is 10.4. The van der Waals surface area contributed by atoms with Crippen molar-refractivity contribution in [2.24, 2.45) is 0 Å². The summed E-state index contributed by atoms with van der Waals surface area (Å²) in [6.07, 6.45) is 5.92. The number of pyridine rings is 2. The van der Waals surface area contributed by atoms with Crippen LogP contribution in [0.25, 0.3) is 49.3 Å². The van der Waals surface area contributed by atoms with Crippen molar-refractivity contribution in [1.29, 1.82) is 0 Å². The highest BCUT2D eigenvalue weighted by Crippen LogP contribution is 2.52. The molecule has 0 saturated carbocycles. The average molecular weight is 775 g/mol. The molecule has 0 aliphatic carbocycles. The van der Waals surface area contributed by atoms with Crippen LogP contribution < -0.4 is 25.6 Å². The standard InChI is InChI=1S/C53H38N4OSi/c1-53(2)45-23-14-28-54-52(45)57(48-33-43-42-22-10-12-25-49(42)58-50(43)34-46(48)53)35-15-13-20-38(31-35)59(36-16-5-3-6-17-36,37-18-7-4-8-19-37)39-26-27-40-41-21-9-11-24-47(41)56-30-29-55-51(56)44(40)32-39/h3-34H,1-2H3. The lowest BCUT2D eigenvalue weighted by Gasteiger charge is -2.41. The van der Waals surface area contributed by atoms with Gasteiger partial charge in [-0.25, -0.2) is 9.97 Å². The minimum absolute atomic E-state index is 0.319. The molecule has 5 nitrogen and oxygen atoms in total. The van der Waals surface area contributed by atoms with E-state index in [1.165, 1.54) is 42.6 Å². The SMILES string of the molecule is CC1(C)c2cc3oc4ccccc4c3cc2N(c2cccc([Si](c3ccccc3)(c3ccccc3)c3ccc4c5ccccc5n5ccnc5c4c3)c2)c2ncccc21. The largest absolute Gasteiger partial charge is 0.456 e. The van der Waals surface area contributed by atoms with E-state index < -0.39 is 8.07 Å². The molecule has 6 heteroatoms. The third-order valence-electron chi connectivity index (χ3n) is 12.8. The van der Waals surface area contributed by atoms with Crippen molar-refractivity contribution in [3.8, 4) is 0 Å². The van der Waals surface area contributed by atoms with Gasteiger partial charge in [0, 0.05) is 56.8 Å². The van der Waals surface area contributed by atoms with Crippen LogP contribution in [0.5, 0.6) is 0 Å². The third-order valence-corrected chi connectivity index (χ3v) is 17.6. The van der Waals surface area contributed by atoms with Crippen molar-refractivity contribution in [3.05, 3.63) is 206 Å². The zero-order valence-corrected chi connectivity index (χ0v) is 33.7. The summed E-state index contributed by atoms with van der Waals surface area (Å²) in [5, 5.41) is 11.0. The smallest absolute Gasteiger partial charge is 0.179 e. The minimum Gasteiger partial charge on any atom is -0.456 e. The number of anilines is 3. The molecule has 0 fully saturated rings. The number of hydrogen-bond acceptors (Lipinski definition) is 4. The lowest BCUT2D eigenvalue weighted by Crippen LogP contribution is -2.74. The van der Waals surface area contributed by atoms with Crippen LogP contribution in [0.4, 0.5) is 17.2 Å². The Kier molecular flexibility index (Phi) is 7.23. The normalized spacial score (nSPS) is 13.7. The molecule has 0 atom stereocenters. The number of nitrogens with zero attached hydrogens (tertiary/aromatic N) is 4. The van der Waals surface area contributed by atoms with Gasteiger partial charge >= 0.3 is 0 Å². The van der Waals surface area contributed by atoms with Gasteiger partial charge in [-0.15, -0.1) is 0 Å². The van der Waals surface area contributed by atoms with Crippen LogP contribution in [0.15, 0.2) is 199 Å². The van der Waals surface area contributed by atoms with Gasteiger partial charge in [-0.05, 0) is 74.2 Å². The van der Waals surface area contributed by atoms with E-state index in [2.05, 4.69) is 199 Å². The summed E-state index contributed by atoms with van der Waals surface area (Å²) in [7, 11) is -3.03. The summed E-state index contributed by atoms with van der Waals surface area (Å²) < 4.78 is 8.73. The Hall–Kier alpha value is -7.28. The summed E-state index contributed by atoms with van der Waals surface area (Å²) in [5.41, 5.74) is 8.15. The molecule has 0 N–H and O–H groups in total. The topological polar surface area (TPSA) is 46.6 Å². The van der Waals surface area contributed by atoms with Crippen LogP contribution in [-0.2, 0) is 5.41 Å². The van der Waals surface area contributed by atoms with E-state index in [-0.39, 0.29) is 5.41 Å². The lowest BCUT2D eigenvalue weighted by molar-refractivity contribution is 0.622. The molecule has 1 aliphatic heterocycles. The molecule has 12 rings (SSSR count). The van der Waals surface area contributed by atoms with Gasteiger partial charge in [-0.1, -0.05) is 147 Å². The maximum absolute atomic E-state index is 6.49. The first-order valence-corrected chi connectivity index (χ1v) is 22.2. The highest BCUT2D eigenvalue weighted by molar-refractivity contribution is 7.20. The maximum Gasteiger partial charge on any atom is 0.179 e. The van der Waals surface area contributed by atoms with E-state index >= 15 is 0 Å². The highest BCUT2D eigenvalue weighted by atomic mass is 28.3. The van der Waals surface area contributed by atoms with Crippen LogP contribution in [0, 0.1) is 0 Å². The van der Waals surface area contributed by atoms with Crippen LogP contribution in [0.3, 0.4) is 0 Å². The van der Waals surface area contributed by atoms with E-state index in [0.29, 0.717) is 0 Å². The first-order chi connectivity index (χ1) is 29.0. The fraction of sp³-hybridized carbons (Fsp3) is 0.0566. The first-order valence-electron chi connectivity index (χ1n) is 20.2. The van der Waals surface area contributed by atoms with E-state index in [9.17, 15) is 0 Å². The first kappa shape index (κ1) is 33.8. The van der Waals surface area contributed by atoms with Gasteiger partial charge in [-0.2, -0.15) is 0 Å². The van der Waals surface area contributed by atoms with Crippen molar-refractivity contribution in [3.63, 3.8) is 0 Å². The molecule has 280 valence electrons. The van der Waals surface area contributed by atoms with Crippen molar-refractivity contribution in [2.75, 3.05) is 4.90 Å². The maximum atomic E-state index is 6.49. The molecule has 0 saturated heterocycles. The van der Waals surface area contributed by atoms with E-state index in [1.54, 1.807) is 0 Å². The Labute approximate surface area is 342 Å². The number of imidazole rings is 1. The quantitative estimate of drug-likeness (QED) is 0.0993. The van der Waals surface area contributed by atoms with E-state index in [1.807, 2.05) is 18.5 Å². The average Bonchev–Trinajstić information content (AvgIpc) is 3.93. The minimum atomic E-state index is -3.03. The Bertz CT molecular complexity index is 3400. The molecular weight excluding hydrogens is 737 g/mol. The molecular formula is C53H38N4OSi. The second-order valence-corrected chi connectivity index (χ2v) is 20.0. The number of benzene rings is 7. The second kappa shape index (κ2) is 12.6. The van der Waals surface area contributed by atoms with Crippen molar-refractivity contribution in [2.45, 2.75) is 19.3 Å². The number of para-hydroxylation sites is 2. The Morgan fingerprint density at radius 3 is 2.02 bits per heavy atom.